The van der Waals surface area contributed by atoms with Gasteiger partial charge in [0.1, 0.15) is 0 Å². The third-order valence-electron chi connectivity index (χ3n) is 4.72. The molecule has 2 aromatic heterocycles. The second-order valence-electron chi connectivity index (χ2n) is 6.44. The molecule has 0 radical (unpaired) electrons. The Balaban J connectivity index is 1.62. The number of nitrogens with zero attached hydrogens (tertiary/aromatic N) is 3. The summed E-state index contributed by atoms with van der Waals surface area (Å²) in [5.41, 5.74) is 0.240. The molecule has 0 spiro atoms. The number of rotatable bonds is 5. The quantitative estimate of drug-likeness (QED) is 0.787. The number of carboxylic acids is 1. The Kier molecular flexibility index (Phi) is 5.16. The normalized spacial score (nSPS) is 21.0. The third kappa shape index (κ3) is 3.89. The first kappa shape index (κ1) is 17.2. The van der Waals surface area contributed by atoms with Crippen molar-refractivity contribution in [3.05, 3.63) is 34.9 Å². The van der Waals surface area contributed by atoms with Gasteiger partial charge in [-0.15, -0.1) is 5.10 Å². The molecule has 25 heavy (non-hydrogen) atoms. The molecule has 0 unspecified atom stereocenters. The lowest BCUT2D eigenvalue weighted by Gasteiger charge is -2.22. The molecule has 2 aromatic rings. The molecular formula is C17H22N4O4. The van der Waals surface area contributed by atoms with Gasteiger partial charge < -0.3 is 10.4 Å². The first-order valence-corrected chi connectivity index (χ1v) is 8.62. The number of aromatic nitrogens is 3. The molecule has 8 nitrogen and oxygen atoms in total. The Hall–Kier alpha value is -2.64. The number of aliphatic carboxylic acids is 1. The van der Waals surface area contributed by atoms with Gasteiger partial charge in [0.2, 0.25) is 5.91 Å². The van der Waals surface area contributed by atoms with Crippen molar-refractivity contribution in [2.75, 3.05) is 0 Å². The molecule has 2 heterocycles. The monoisotopic (exact) mass is 346 g/mol. The number of aryl methyl sites for hydroxylation is 1. The molecule has 0 aromatic carbocycles. The lowest BCUT2D eigenvalue weighted by Crippen LogP contribution is -2.43. The zero-order valence-electron chi connectivity index (χ0n) is 13.9. The molecule has 2 atom stereocenters. The van der Waals surface area contributed by atoms with Gasteiger partial charge in [-0.05, 0) is 25.0 Å². The highest BCUT2D eigenvalue weighted by molar-refractivity contribution is 5.78. The summed E-state index contributed by atoms with van der Waals surface area (Å²) in [4.78, 5) is 35.8. The molecule has 0 bridgehead atoms. The van der Waals surface area contributed by atoms with E-state index in [9.17, 15) is 19.5 Å². The molecule has 1 aliphatic carbocycles. The smallest absolute Gasteiger partial charge is 0.350 e. The molecule has 1 saturated carbocycles. The number of nitrogens with one attached hydrogen (secondary N) is 1. The maximum Gasteiger partial charge on any atom is 0.350 e. The molecule has 1 amide bonds. The van der Waals surface area contributed by atoms with Crippen LogP contribution >= 0.6 is 0 Å². The third-order valence-corrected chi connectivity index (χ3v) is 4.72. The van der Waals surface area contributed by atoms with E-state index >= 15 is 0 Å². The van der Waals surface area contributed by atoms with Crippen LogP contribution in [0.2, 0.25) is 0 Å². The predicted octanol–water partition coefficient (Wildman–Crippen LogP) is 1.04. The number of carboxylic acid groups (broad SMARTS) is 1. The number of pyridine rings is 1. The van der Waals surface area contributed by atoms with Gasteiger partial charge in [0.25, 0.3) is 0 Å². The highest BCUT2D eigenvalue weighted by Crippen LogP contribution is 2.23. The zero-order valence-corrected chi connectivity index (χ0v) is 13.9. The van der Waals surface area contributed by atoms with Gasteiger partial charge in [0.05, 0.1) is 12.5 Å². The number of hydrogen-bond donors (Lipinski definition) is 2. The van der Waals surface area contributed by atoms with Crippen LogP contribution in [0.25, 0.3) is 5.65 Å². The van der Waals surface area contributed by atoms with E-state index in [-0.39, 0.29) is 30.6 Å². The summed E-state index contributed by atoms with van der Waals surface area (Å²) < 4.78 is 2.68. The predicted molar refractivity (Wildman–Crippen MR) is 90.2 cm³/mol. The summed E-state index contributed by atoms with van der Waals surface area (Å²) in [6.45, 7) is 0.163. The fraction of sp³-hybridized carbons (Fsp3) is 0.529. The van der Waals surface area contributed by atoms with E-state index in [1.165, 1.54) is 9.08 Å². The van der Waals surface area contributed by atoms with E-state index in [2.05, 4.69) is 10.4 Å². The van der Waals surface area contributed by atoms with Crippen LogP contribution in [0.5, 0.6) is 0 Å². The van der Waals surface area contributed by atoms with Crippen molar-refractivity contribution in [3.8, 4) is 0 Å². The average Bonchev–Trinajstić information content (AvgIpc) is 2.76. The molecule has 0 saturated heterocycles. The van der Waals surface area contributed by atoms with Crippen LogP contribution in [-0.2, 0) is 16.1 Å². The van der Waals surface area contributed by atoms with Crippen LogP contribution in [0.15, 0.2) is 29.2 Å². The van der Waals surface area contributed by atoms with Crippen molar-refractivity contribution in [3.63, 3.8) is 0 Å². The van der Waals surface area contributed by atoms with E-state index < -0.39 is 11.9 Å². The summed E-state index contributed by atoms with van der Waals surface area (Å²) in [6.07, 6.45) is 5.77. The number of amides is 1. The molecule has 8 heteroatoms. The Morgan fingerprint density at radius 1 is 1.24 bits per heavy atom. The SMILES string of the molecule is O=C(CCn1nc2ccccn2c1=O)N[C@H]1CCCCC[C@H]1C(=O)O. The summed E-state index contributed by atoms with van der Waals surface area (Å²) >= 11 is 0. The lowest BCUT2D eigenvalue weighted by atomic mass is 9.95. The van der Waals surface area contributed by atoms with Crippen molar-refractivity contribution in [2.45, 2.75) is 51.1 Å². The number of hydrogen-bond acceptors (Lipinski definition) is 4. The van der Waals surface area contributed by atoms with E-state index in [4.69, 9.17) is 0 Å². The molecule has 2 N–H and O–H groups in total. The Morgan fingerprint density at radius 2 is 2.04 bits per heavy atom. The van der Waals surface area contributed by atoms with E-state index in [1.54, 1.807) is 24.4 Å². The largest absolute Gasteiger partial charge is 0.481 e. The van der Waals surface area contributed by atoms with Crippen LogP contribution in [-0.4, -0.2) is 37.2 Å². The van der Waals surface area contributed by atoms with Gasteiger partial charge in [0.15, 0.2) is 5.65 Å². The van der Waals surface area contributed by atoms with Gasteiger partial charge in [0, 0.05) is 18.7 Å². The topological polar surface area (TPSA) is 106 Å². The number of fused-ring (bicyclic) bond motifs is 1. The van der Waals surface area contributed by atoms with Crippen molar-refractivity contribution in [1.29, 1.82) is 0 Å². The lowest BCUT2D eigenvalue weighted by molar-refractivity contribution is -0.143. The molecule has 0 aliphatic heterocycles. The van der Waals surface area contributed by atoms with E-state index in [0.29, 0.717) is 18.5 Å². The molecule has 1 fully saturated rings. The fourth-order valence-electron chi connectivity index (χ4n) is 3.38. The summed E-state index contributed by atoms with van der Waals surface area (Å²) in [5, 5.41) is 16.4. The number of carbonyl (C=O) groups excluding carboxylic acids is 1. The van der Waals surface area contributed by atoms with Crippen molar-refractivity contribution in [2.24, 2.45) is 5.92 Å². The Bertz CT molecular complexity index is 825. The summed E-state index contributed by atoms with van der Waals surface area (Å²) in [7, 11) is 0. The first-order chi connectivity index (χ1) is 12.1. The van der Waals surface area contributed by atoms with Crippen LogP contribution < -0.4 is 11.0 Å². The maximum absolute atomic E-state index is 12.2. The van der Waals surface area contributed by atoms with Crippen LogP contribution in [0, 0.1) is 5.92 Å². The van der Waals surface area contributed by atoms with Gasteiger partial charge in [-0.25, -0.2) is 9.48 Å². The summed E-state index contributed by atoms with van der Waals surface area (Å²) in [5.74, 6) is -1.64. The summed E-state index contributed by atoms with van der Waals surface area (Å²) in [6, 6.07) is 4.91. The van der Waals surface area contributed by atoms with Crippen molar-refractivity contribution < 1.29 is 14.7 Å². The minimum Gasteiger partial charge on any atom is -0.481 e. The van der Waals surface area contributed by atoms with Gasteiger partial charge in [-0.2, -0.15) is 0 Å². The molecular weight excluding hydrogens is 324 g/mol. The highest BCUT2D eigenvalue weighted by Gasteiger charge is 2.30. The Labute approximate surface area is 144 Å². The average molecular weight is 346 g/mol. The zero-order chi connectivity index (χ0) is 17.8. The molecule has 3 rings (SSSR count). The van der Waals surface area contributed by atoms with E-state index in [1.807, 2.05) is 0 Å². The standard InChI is InChI=1S/C17H22N4O4/c22-15(18-13-7-3-1-2-6-12(13)16(23)24)9-11-21-17(25)20-10-5-4-8-14(20)19-21/h4-5,8,10,12-13H,1-3,6-7,9,11H2,(H,18,22)(H,23,24)/t12-,13+/m1/s1. The number of carbonyl (C=O) groups is 2. The minimum absolute atomic E-state index is 0.0899. The van der Waals surface area contributed by atoms with Gasteiger partial charge >= 0.3 is 11.7 Å². The second kappa shape index (κ2) is 7.50. The molecule has 134 valence electrons. The second-order valence-corrected chi connectivity index (χ2v) is 6.44. The van der Waals surface area contributed by atoms with E-state index in [0.717, 1.165) is 19.3 Å². The maximum atomic E-state index is 12.2. The Morgan fingerprint density at radius 3 is 2.80 bits per heavy atom. The van der Waals surface area contributed by atoms with Crippen molar-refractivity contribution in [1.82, 2.24) is 19.5 Å². The minimum atomic E-state index is -0.858. The molecule has 1 aliphatic rings. The fourth-order valence-corrected chi connectivity index (χ4v) is 3.38. The van der Waals surface area contributed by atoms with Crippen LogP contribution in [0.4, 0.5) is 0 Å². The van der Waals surface area contributed by atoms with Crippen LogP contribution in [0.1, 0.15) is 38.5 Å². The van der Waals surface area contributed by atoms with Gasteiger partial charge in [-0.1, -0.05) is 25.3 Å². The van der Waals surface area contributed by atoms with Crippen LogP contribution in [0.3, 0.4) is 0 Å². The first-order valence-electron chi connectivity index (χ1n) is 8.62. The van der Waals surface area contributed by atoms with Crippen molar-refractivity contribution >= 4 is 17.5 Å². The van der Waals surface area contributed by atoms with Gasteiger partial charge in [-0.3, -0.25) is 14.0 Å². The highest BCUT2D eigenvalue weighted by atomic mass is 16.4.